The van der Waals surface area contributed by atoms with Crippen LogP contribution in [-0.4, -0.2) is 13.4 Å². The van der Waals surface area contributed by atoms with E-state index >= 15 is 0 Å². The summed E-state index contributed by atoms with van der Waals surface area (Å²) in [4.78, 5) is 2.90. The van der Waals surface area contributed by atoms with E-state index in [2.05, 4.69) is 4.98 Å². The van der Waals surface area contributed by atoms with Crippen LogP contribution in [0.3, 0.4) is 0 Å². The Kier molecular flexibility index (Phi) is 2.82. The lowest BCUT2D eigenvalue weighted by molar-refractivity contribution is 0.150. The van der Waals surface area contributed by atoms with Crippen molar-refractivity contribution in [1.29, 1.82) is 0 Å². The minimum Gasteiger partial charge on any atom is -0.263 e. The monoisotopic (exact) mass is 227 g/mol. The van der Waals surface area contributed by atoms with Crippen LogP contribution in [0.1, 0.15) is 12.0 Å². The van der Waals surface area contributed by atoms with Gasteiger partial charge in [0, 0.05) is 28.6 Å². The molecule has 1 aromatic rings. The maximum Gasteiger partial charge on any atom is 0.265 e. The number of hydrogen-bond donors (Lipinski definition) is 0. The van der Waals surface area contributed by atoms with Crippen molar-refractivity contribution in [3.63, 3.8) is 0 Å². The lowest BCUT2D eigenvalue weighted by Gasteiger charge is -1.99. The molecule has 0 radical (unpaired) electrons. The van der Waals surface area contributed by atoms with E-state index in [0.717, 1.165) is 18.5 Å². The summed E-state index contributed by atoms with van der Waals surface area (Å²) in [7, 11) is 0.940. The molecule has 0 aliphatic heterocycles. The van der Waals surface area contributed by atoms with Gasteiger partial charge in [0.1, 0.15) is 4.90 Å². The van der Waals surface area contributed by atoms with Gasteiger partial charge in [-0.05, 0) is 6.07 Å². The molecule has 0 fully saturated rings. The van der Waals surface area contributed by atoms with Crippen LogP contribution < -0.4 is 0 Å². The Balaban J connectivity index is 3.21. The molecule has 0 amide bonds. The molecule has 1 heterocycles. The minimum atomic E-state index is -3.98. The Bertz CT molecular complexity index is 407. The zero-order valence-corrected chi connectivity index (χ0v) is 7.69. The normalized spacial score (nSPS) is 12.0. The Morgan fingerprint density at radius 3 is 2.46 bits per heavy atom. The largest absolute Gasteiger partial charge is 0.265 e. The summed E-state index contributed by atoms with van der Waals surface area (Å²) >= 11 is 0. The number of halogens is 3. The predicted molar refractivity (Wildman–Crippen MR) is 42.2 cm³/mol. The van der Waals surface area contributed by atoms with Gasteiger partial charge in [0.25, 0.3) is 15.5 Å². The van der Waals surface area contributed by atoms with E-state index in [9.17, 15) is 17.2 Å². The summed E-state index contributed by atoms with van der Waals surface area (Å²) in [6.45, 7) is 0. The van der Waals surface area contributed by atoms with Crippen molar-refractivity contribution in [1.82, 2.24) is 4.98 Å². The van der Waals surface area contributed by atoms with Crippen molar-refractivity contribution in [3.05, 3.63) is 24.0 Å². The second-order valence-corrected chi connectivity index (χ2v) is 4.76. The molecular weight excluding hydrogens is 224 g/mol. The molecule has 1 aromatic heterocycles. The van der Waals surface area contributed by atoms with Gasteiger partial charge >= 0.3 is 0 Å². The van der Waals surface area contributed by atoms with E-state index in [0.29, 0.717) is 0 Å². The third-order valence-corrected chi connectivity index (χ3v) is 2.59. The lowest BCUT2D eigenvalue weighted by atomic mass is 10.3. The van der Waals surface area contributed by atoms with Crippen molar-refractivity contribution in [2.24, 2.45) is 0 Å². The predicted octanol–water partition coefficient (Wildman–Crippen LogP) is 1.95. The number of hydrogen-bond acceptors (Lipinski definition) is 3. The highest BCUT2D eigenvalue weighted by atomic mass is 35.7. The van der Waals surface area contributed by atoms with Gasteiger partial charge in [0.05, 0.1) is 0 Å². The van der Waals surface area contributed by atoms with Gasteiger partial charge in [-0.25, -0.2) is 17.2 Å². The van der Waals surface area contributed by atoms with E-state index in [1.54, 1.807) is 0 Å². The third-order valence-electron chi connectivity index (χ3n) is 1.27. The standard InChI is InChI=1S/C6H4ClF2NO2S/c7-13(11,12)5-1-4(6(8)9)2-10-3-5/h1-3,6H. The topological polar surface area (TPSA) is 47.0 Å². The summed E-state index contributed by atoms with van der Waals surface area (Å²) in [6, 6.07) is 0.792. The highest BCUT2D eigenvalue weighted by Gasteiger charge is 2.14. The van der Waals surface area contributed by atoms with Crippen molar-refractivity contribution >= 4 is 19.7 Å². The maximum absolute atomic E-state index is 12.1. The first kappa shape index (κ1) is 10.3. The van der Waals surface area contributed by atoms with Crippen molar-refractivity contribution in [3.8, 4) is 0 Å². The van der Waals surface area contributed by atoms with E-state index in [1.807, 2.05) is 0 Å². The zero-order chi connectivity index (χ0) is 10.1. The summed E-state index contributed by atoms with van der Waals surface area (Å²) in [5, 5.41) is 0. The second-order valence-electron chi connectivity index (χ2n) is 2.19. The maximum atomic E-state index is 12.1. The molecule has 0 bridgehead atoms. The Labute approximate surface area is 77.8 Å². The van der Waals surface area contributed by atoms with Gasteiger partial charge in [-0.15, -0.1) is 0 Å². The Morgan fingerprint density at radius 2 is 2.00 bits per heavy atom. The quantitative estimate of drug-likeness (QED) is 0.726. The van der Waals surface area contributed by atoms with Crippen molar-refractivity contribution in [2.75, 3.05) is 0 Å². The molecule has 0 saturated carbocycles. The number of pyridine rings is 1. The minimum absolute atomic E-state index is 0.424. The zero-order valence-electron chi connectivity index (χ0n) is 6.12. The van der Waals surface area contributed by atoms with E-state index in [-0.39, 0.29) is 0 Å². The van der Waals surface area contributed by atoms with Gasteiger partial charge in [-0.2, -0.15) is 0 Å². The molecule has 0 spiro atoms. The summed E-state index contributed by atoms with van der Waals surface area (Å²) in [6.07, 6.45) is -0.962. The molecule has 0 saturated heterocycles. The number of nitrogens with zero attached hydrogens (tertiary/aromatic N) is 1. The fourth-order valence-corrected chi connectivity index (χ4v) is 1.41. The van der Waals surface area contributed by atoms with E-state index in [1.165, 1.54) is 0 Å². The summed E-state index contributed by atoms with van der Waals surface area (Å²) in [5.74, 6) is 0. The van der Waals surface area contributed by atoms with Crippen LogP contribution in [0.5, 0.6) is 0 Å². The molecule has 1 rings (SSSR count). The smallest absolute Gasteiger partial charge is 0.263 e. The van der Waals surface area contributed by atoms with Crippen LogP contribution in [0.4, 0.5) is 8.78 Å². The molecule has 72 valence electrons. The highest BCUT2D eigenvalue weighted by molar-refractivity contribution is 8.13. The fourth-order valence-electron chi connectivity index (χ4n) is 0.688. The molecular formula is C6H4ClF2NO2S. The molecule has 13 heavy (non-hydrogen) atoms. The van der Waals surface area contributed by atoms with Gasteiger partial charge < -0.3 is 0 Å². The third kappa shape index (κ3) is 2.60. The molecule has 0 aromatic carbocycles. The molecule has 0 aliphatic rings. The van der Waals surface area contributed by atoms with Crippen molar-refractivity contribution in [2.45, 2.75) is 11.3 Å². The number of aromatic nitrogens is 1. The Hall–Kier alpha value is -0.750. The number of alkyl halides is 2. The SMILES string of the molecule is O=S(=O)(Cl)c1cncc(C(F)F)c1. The van der Waals surface area contributed by atoms with Crippen LogP contribution >= 0.6 is 10.7 Å². The molecule has 0 atom stereocenters. The summed E-state index contributed by atoms with van der Waals surface area (Å²) in [5.41, 5.74) is -0.471. The Morgan fingerprint density at radius 1 is 1.38 bits per heavy atom. The van der Waals surface area contributed by atoms with Gasteiger partial charge in [-0.1, -0.05) is 0 Å². The first-order valence-corrected chi connectivity index (χ1v) is 5.40. The van der Waals surface area contributed by atoms with Crippen LogP contribution in [0, 0.1) is 0 Å². The molecule has 3 nitrogen and oxygen atoms in total. The van der Waals surface area contributed by atoms with E-state index in [4.69, 9.17) is 10.7 Å². The number of rotatable bonds is 2. The van der Waals surface area contributed by atoms with Gasteiger partial charge in [-0.3, -0.25) is 4.98 Å². The van der Waals surface area contributed by atoms with E-state index < -0.39 is 25.9 Å². The van der Waals surface area contributed by atoms with Crippen LogP contribution in [0.2, 0.25) is 0 Å². The lowest BCUT2D eigenvalue weighted by Crippen LogP contribution is -1.94. The first-order chi connectivity index (χ1) is 5.91. The molecule has 7 heteroatoms. The molecule has 0 unspecified atom stereocenters. The van der Waals surface area contributed by atoms with Crippen LogP contribution in [0.25, 0.3) is 0 Å². The highest BCUT2D eigenvalue weighted by Crippen LogP contribution is 2.21. The van der Waals surface area contributed by atoms with Gasteiger partial charge in [0.2, 0.25) is 0 Å². The van der Waals surface area contributed by atoms with Crippen LogP contribution in [-0.2, 0) is 9.05 Å². The fraction of sp³-hybridized carbons (Fsp3) is 0.167. The average molecular weight is 228 g/mol. The molecule has 0 aliphatic carbocycles. The molecule has 0 N–H and O–H groups in total. The van der Waals surface area contributed by atoms with Gasteiger partial charge in [0.15, 0.2) is 0 Å². The van der Waals surface area contributed by atoms with Crippen molar-refractivity contribution < 1.29 is 17.2 Å². The summed E-state index contributed by atoms with van der Waals surface area (Å²) < 4.78 is 45.5. The van der Waals surface area contributed by atoms with Crippen LogP contribution in [0.15, 0.2) is 23.4 Å². The first-order valence-electron chi connectivity index (χ1n) is 3.09. The average Bonchev–Trinajstić information content (AvgIpc) is 2.03. The second kappa shape index (κ2) is 3.55.